The van der Waals surface area contributed by atoms with Crippen LogP contribution < -0.4 is 20.8 Å². The smallest absolute Gasteiger partial charge is 0.219 e. The summed E-state index contributed by atoms with van der Waals surface area (Å²) < 4.78 is 0.733. The van der Waals surface area contributed by atoms with Crippen LogP contribution in [0.2, 0.25) is 0 Å². The largest absolute Gasteiger partial charge is 0.544 e. The van der Waals surface area contributed by atoms with Crippen molar-refractivity contribution in [2.24, 2.45) is 23.7 Å². The molecular formula is C50H96N4O6. The molecule has 10 nitrogen and oxygen atoms in total. The number of hydrogen-bond acceptors (Lipinski definition) is 6. The lowest BCUT2D eigenvalue weighted by molar-refractivity contribution is -0.884. The van der Waals surface area contributed by atoms with Crippen molar-refractivity contribution in [3.05, 3.63) is 0 Å². The molecule has 1 aliphatic rings. The van der Waals surface area contributed by atoms with Crippen molar-refractivity contribution in [3.8, 4) is 0 Å². The van der Waals surface area contributed by atoms with Crippen LogP contribution in [0.15, 0.2) is 0 Å². The number of likely N-dealkylation sites (N-methyl/N-ethyl adjacent to an activating group) is 2. The lowest BCUT2D eigenvalue weighted by Crippen LogP contribution is -2.49. The number of hydrogen-bond donors (Lipinski definition) is 2. The second-order valence-electron chi connectivity index (χ2n) is 20.2. The molecule has 1 rings (SSSR count). The Balaban J connectivity index is 2.51. The number of carboxylic acids is 2. The zero-order valence-corrected chi connectivity index (χ0v) is 40.1. The SMILES string of the molecule is CCCCCCC1CCC(CCCCCCCC(=O)NCCC[N+](C)(C)CC(=O)[O-])C(CCCCCCCCCC(=O)NCCC[N+](C)(C)CC(=O)[O-])C1CCCCCC. The number of carboxylic acid groups (broad SMARTS) is 2. The molecule has 2 amide bonds. The van der Waals surface area contributed by atoms with E-state index < -0.39 is 11.9 Å². The zero-order valence-electron chi connectivity index (χ0n) is 40.1. The van der Waals surface area contributed by atoms with Crippen molar-refractivity contribution < 1.29 is 38.4 Å². The van der Waals surface area contributed by atoms with Crippen molar-refractivity contribution in [1.82, 2.24) is 10.6 Å². The number of rotatable bonds is 40. The number of nitrogens with zero attached hydrogens (tertiary/aromatic N) is 2. The van der Waals surface area contributed by atoms with Crippen LogP contribution in [0.4, 0.5) is 0 Å². The standard InChI is InChI=1S/C50H96N4O6/c1-7-9-11-21-29-43-35-36-44(30-22-17-16-20-26-34-48(56)52-38-28-40-54(5,6)42-50(59)60)46(45(43)31-23-12-10-8-2)32-24-18-14-13-15-19-25-33-47(55)51-37-27-39-53(3,4)41-49(57)58/h43-46H,7-42H2,1-6H3,(H2-2,51,52,55,56,57,58,59,60). The fraction of sp³-hybridized carbons (Fsp3) is 0.920. The predicted molar refractivity (Wildman–Crippen MR) is 244 cm³/mol. The average molecular weight is 849 g/mol. The minimum atomic E-state index is -1.04. The first-order valence-electron chi connectivity index (χ1n) is 25.3. The van der Waals surface area contributed by atoms with E-state index in [1.165, 1.54) is 141 Å². The maximum atomic E-state index is 12.4. The minimum Gasteiger partial charge on any atom is -0.544 e. The molecule has 4 atom stereocenters. The van der Waals surface area contributed by atoms with Crippen molar-refractivity contribution >= 4 is 23.8 Å². The molecule has 2 N–H and O–H groups in total. The van der Waals surface area contributed by atoms with Gasteiger partial charge in [-0.15, -0.1) is 0 Å². The molecule has 60 heavy (non-hydrogen) atoms. The highest BCUT2D eigenvalue weighted by molar-refractivity contribution is 5.76. The number of aliphatic carboxylic acids is 2. The lowest BCUT2D eigenvalue weighted by Gasteiger charge is -2.44. The van der Waals surface area contributed by atoms with Crippen LogP contribution in [-0.2, 0) is 19.2 Å². The van der Waals surface area contributed by atoms with Gasteiger partial charge in [-0.1, -0.05) is 142 Å². The summed E-state index contributed by atoms with van der Waals surface area (Å²) in [5, 5.41) is 27.9. The second-order valence-corrected chi connectivity index (χ2v) is 20.2. The Kier molecular flexibility index (Phi) is 31.9. The Labute approximate surface area is 369 Å². The highest BCUT2D eigenvalue weighted by atomic mass is 16.4. The van der Waals surface area contributed by atoms with Crippen LogP contribution in [0.5, 0.6) is 0 Å². The van der Waals surface area contributed by atoms with Crippen molar-refractivity contribution in [2.75, 3.05) is 67.5 Å². The Bertz CT molecular complexity index is 1130. The molecule has 10 heteroatoms. The van der Waals surface area contributed by atoms with Gasteiger partial charge in [-0.05, 0) is 62.2 Å². The molecule has 4 unspecified atom stereocenters. The first-order chi connectivity index (χ1) is 28.7. The van der Waals surface area contributed by atoms with Crippen LogP contribution in [0, 0.1) is 23.7 Å². The van der Waals surface area contributed by atoms with Crippen LogP contribution in [0.1, 0.15) is 206 Å². The van der Waals surface area contributed by atoms with Crippen molar-refractivity contribution in [3.63, 3.8) is 0 Å². The van der Waals surface area contributed by atoms with Crippen LogP contribution >= 0.6 is 0 Å². The van der Waals surface area contributed by atoms with Gasteiger partial charge in [-0.25, -0.2) is 0 Å². The molecule has 0 aromatic rings. The second kappa shape index (κ2) is 34.3. The topological polar surface area (TPSA) is 138 Å². The Morgan fingerprint density at radius 2 is 0.767 bits per heavy atom. The van der Waals surface area contributed by atoms with E-state index in [9.17, 15) is 29.4 Å². The van der Waals surface area contributed by atoms with Gasteiger partial charge in [-0.2, -0.15) is 0 Å². The molecule has 1 aliphatic carbocycles. The summed E-state index contributed by atoms with van der Waals surface area (Å²) in [6, 6.07) is 0. The van der Waals surface area contributed by atoms with Gasteiger partial charge in [0.05, 0.1) is 53.2 Å². The molecule has 0 bridgehead atoms. The van der Waals surface area contributed by atoms with Crippen LogP contribution in [0.3, 0.4) is 0 Å². The number of carbonyl (C=O) groups is 4. The van der Waals surface area contributed by atoms with Gasteiger partial charge in [0.1, 0.15) is 13.1 Å². The summed E-state index contributed by atoms with van der Waals surface area (Å²) in [7, 11) is 7.51. The Morgan fingerprint density at radius 3 is 1.12 bits per heavy atom. The maximum absolute atomic E-state index is 12.4. The summed E-state index contributed by atoms with van der Waals surface area (Å²) in [4.78, 5) is 46.5. The van der Waals surface area contributed by atoms with Gasteiger partial charge in [0.15, 0.2) is 0 Å². The lowest BCUT2D eigenvalue weighted by atomic mass is 9.61. The van der Waals surface area contributed by atoms with E-state index >= 15 is 0 Å². The fourth-order valence-corrected chi connectivity index (χ4v) is 10.1. The molecule has 1 fully saturated rings. The predicted octanol–water partition coefficient (Wildman–Crippen LogP) is 8.09. The van der Waals surface area contributed by atoms with E-state index in [-0.39, 0.29) is 24.9 Å². The summed E-state index contributed by atoms with van der Waals surface area (Å²) in [5.41, 5.74) is 0. The number of quaternary nitrogens is 2. The molecule has 0 heterocycles. The van der Waals surface area contributed by atoms with Crippen LogP contribution in [0.25, 0.3) is 0 Å². The fourth-order valence-electron chi connectivity index (χ4n) is 10.1. The van der Waals surface area contributed by atoms with Gasteiger partial charge in [0, 0.05) is 38.8 Å². The van der Waals surface area contributed by atoms with Crippen molar-refractivity contribution in [2.45, 2.75) is 206 Å². The Hall–Kier alpha value is -2.20. The number of carbonyl (C=O) groups excluding carboxylic acids is 4. The molecule has 0 aromatic carbocycles. The van der Waals surface area contributed by atoms with E-state index in [2.05, 4.69) is 24.5 Å². The third-order valence-electron chi connectivity index (χ3n) is 13.5. The van der Waals surface area contributed by atoms with Gasteiger partial charge in [-0.3, -0.25) is 9.59 Å². The van der Waals surface area contributed by atoms with Gasteiger partial charge in [0.25, 0.3) is 0 Å². The van der Waals surface area contributed by atoms with E-state index in [1.54, 1.807) is 0 Å². The number of amides is 2. The van der Waals surface area contributed by atoms with E-state index in [0.29, 0.717) is 48.0 Å². The van der Waals surface area contributed by atoms with Gasteiger partial charge < -0.3 is 39.4 Å². The molecule has 1 saturated carbocycles. The summed E-state index contributed by atoms with van der Waals surface area (Å²) in [6.45, 7) is 7.20. The molecule has 0 aliphatic heterocycles. The highest BCUT2D eigenvalue weighted by Crippen LogP contribution is 2.47. The first-order valence-corrected chi connectivity index (χ1v) is 25.3. The maximum Gasteiger partial charge on any atom is 0.219 e. The third kappa shape index (κ3) is 29.9. The summed E-state index contributed by atoms with van der Waals surface area (Å²) >= 11 is 0. The molecule has 0 radical (unpaired) electrons. The third-order valence-corrected chi connectivity index (χ3v) is 13.5. The molecule has 0 saturated heterocycles. The van der Waals surface area contributed by atoms with E-state index in [1.807, 2.05) is 28.2 Å². The quantitative estimate of drug-likeness (QED) is 0.0473. The first kappa shape index (κ1) is 55.8. The van der Waals surface area contributed by atoms with Crippen molar-refractivity contribution in [1.29, 1.82) is 0 Å². The van der Waals surface area contributed by atoms with Crippen LogP contribution in [-0.4, -0.2) is 100 Å². The average Bonchev–Trinajstić information content (AvgIpc) is 3.17. The minimum absolute atomic E-state index is 0.0113. The van der Waals surface area contributed by atoms with Gasteiger partial charge in [0.2, 0.25) is 11.8 Å². The Morgan fingerprint density at radius 1 is 0.450 bits per heavy atom. The number of unbranched alkanes of at least 4 members (excludes halogenated alkanes) is 16. The molecular weight excluding hydrogens is 753 g/mol. The van der Waals surface area contributed by atoms with Gasteiger partial charge >= 0.3 is 0 Å². The van der Waals surface area contributed by atoms with E-state index in [4.69, 9.17) is 0 Å². The molecule has 352 valence electrons. The summed E-state index contributed by atoms with van der Waals surface area (Å²) in [5.74, 6) is 1.71. The molecule has 0 aromatic heterocycles. The number of nitrogens with one attached hydrogen (secondary N) is 2. The monoisotopic (exact) mass is 849 g/mol. The molecule has 0 spiro atoms. The van der Waals surface area contributed by atoms with E-state index in [0.717, 1.165) is 62.2 Å². The normalized spacial score (nSPS) is 18.4. The highest BCUT2D eigenvalue weighted by Gasteiger charge is 2.37. The summed E-state index contributed by atoms with van der Waals surface area (Å²) in [6.07, 6.45) is 36.5. The zero-order chi connectivity index (χ0) is 44.5.